The second kappa shape index (κ2) is 8.57. The number of esters is 1. The van der Waals surface area contributed by atoms with Crippen molar-refractivity contribution < 1.29 is 19.1 Å². The second-order valence-electron chi connectivity index (χ2n) is 5.14. The summed E-state index contributed by atoms with van der Waals surface area (Å²) in [6.45, 7) is 3.35. The lowest BCUT2D eigenvalue weighted by Crippen LogP contribution is -2.41. The first-order chi connectivity index (χ1) is 12.0. The molecule has 0 atom stereocenters. The highest BCUT2D eigenvalue weighted by atomic mass is 16.5. The number of aryl methyl sites for hydroxylation is 1. The normalized spacial score (nSPS) is 10.2. The van der Waals surface area contributed by atoms with Crippen LogP contribution in [0, 0.1) is 6.92 Å². The summed E-state index contributed by atoms with van der Waals surface area (Å²) in [6, 6.07) is 8.44. The van der Waals surface area contributed by atoms with E-state index in [0.29, 0.717) is 17.9 Å². The molecule has 1 heterocycles. The summed E-state index contributed by atoms with van der Waals surface area (Å²) in [6.07, 6.45) is 0.743. The van der Waals surface area contributed by atoms with Gasteiger partial charge in [0, 0.05) is 6.54 Å². The Kier molecular flexibility index (Phi) is 6.21. The van der Waals surface area contributed by atoms with Gasteiger partial charge < -0.3 is 10.1 Å². The quantitative estimate of drug-likeness (QED) is 0.754. The molecule has 2 rings (SSSR count). The van der Waals surface area contributed by atoms with E-state index in [-0.39, 0.29) is 5.69 Å². The topological polar surface area (TPSA) is 115 Å². The van der Waals surface area contributed by atoms with Crippen LogP contribution in [-0.2, 0) is 9.53 Å². The standard InChI is InChI=1S/C16H19N5O4/c1-3-9-17-16(24)18-13(22)10-25-15(23)14-11(2)19-21(20-14)12-7-5-4-6-8-12/h4-8H,3,9-10H2,1-2H3,(H2,17,18,22,24). The van der Waals surface area contributed by atoms with Gasteiger partial charge in [0.1, 0.15) is 0 Å². The highest BCUT2D eigenvalue weighted by Crippen LogP contribution is 2.09. The molecule has 0 saturated heterocycles. The maximum absolute atomic E-state index is 12.1. The third-order valence-corrected chi connectivity index (χ3v) is 3.09. The number of aromatic nitrogens is 3. The van der Waals surface area contributed by atoms with Crippen LogP contribution in [0.3, 0.4) is 0 Å². The summed E-state index contributed by atoms with van der Waals surface area (Å²) >= 11 is 0. The predicted octanol–water partition coefficient (Wildman–Crippen LogP) is 0.968. The van der Waals surface area contributed by atoms with Gasteiger partial charge in [0.25, 0.3) is 5.91 Å². The second-order valence-corrected chi connectivity index (χ2v) is 5.14. The molecule has 0 fully saturated rings. The lowest BCUT2D eigenvalue weighted by atomic mass is 10.3. The summed E-state index contributed by atoms with van der Waals surface area (Å²) < 4.78 is 4.88. The Balaban J connectivity index is 1.92. The van der Waals surface area contributed by atoms with Crippen LogP contribution in [0.4, 0.5) is 4.79 Å². The van der Waals surface area contributed by atoms with Crippen LogP contribution in [0.15, 0.2) is 30.3 Å². The minimum absolute atomic E-state index is 0.00656. The first kappa shape index (κ1) is 18.1. The van der Waals surface area contributed by atoms with Gasteiger partial charge in [-0.25, -0.2) is 9.59 Å². The molecule has 1 aromatic carbocycles. The number of carbonyl (C=O) groups is 3. The summed E-state index contributed by atoms with van der Waals surface area (Å²) in [5.74, 6) is -1.51. The molecule has 2 N–H and O–H groups in total. The molecule has 9 nitrogen and oxygen atoms in total. The van der Waals surface area contributed by atoms with Crippen LogP contribution in [0.1, 0.15) is 29.5 Å². The van der Waals surface area contributed by atoms with Crippen LogP contribution in [0.5, 0.6) is 0 Å². The fourth-order valence-corrected chi connectivity index (χ4v) is 1.89. The van der Waals surface area contributed by atoms with Crippen molar-refractivity contribution in [2.24, 2.45) is 0 Å². The molecule has 0 aliphatic rings. The minimum Gasteiger partial charge on any atom is -0.451 e. The number of ether oxygens (including phenoxy) is 1. The van der Waals surface area contributed by atoms with E-state index in [1.165, 1.54) is 4.80 Å². The van der Waals surface area contributed by atoms with E-state index in [1.807, 2.05) is 25.1 Å². The first-order valence-corrected chi connectivity index (χ1v) is 7.75. The van der Waals surface area contributed by atoms with Gasteiger partial charge in [-0.1, -0.05) is 25.1 Å². The van der Waals surface area contributed by atoms with Gasteiger partial charge in [-0.05, 0) is 25.5 Å². The Hall–Kier alpha value is -3.23. The maximum atomic E-state index is 12.1. The highest BCUT2D eigenvalue weighted by Gasteiger charge is 2.19. The number of nitrogens with zero attached hydrogens (tertiary/aromatic N) is 3. The van der Waals surface area contributed by atoms with Crippen molar-refractivity contribution in [3.05, 3.63) is 41.7 Å². The average Bonchev–Trinajstić information content (AvgIpc) is 3.00. The Bertz CT molecular complexity index is 757. The summed E-state index contributed by atoms with van der Waals surface area (Å²) in [5, 5.41) is 12.8. The van der Waals surface area contributed by atoms with Gasteiger partial charge in [-0.15, -0.1) is 5.10 Å². The number of nitrogens with one attached hydrogen (secondary N) is 2. The molecule has 0 aliphatic heterocycles. The van der Waals surface area contributed by atoms with Gasteiger partial charge >= 0.3 is 12.0 Å². The predicted molar refractivity (Wildman–Crippen MR) is 88.2 cm³/mol. The van der Waals surface area contributed by atoms with Crippen molar-refractivity contribution in [1.82, 2.24) is 25.6 Å². The van der Waals surface area contributed by atoms with E-state index in [0.717, 1.165) is 6.42 Å². The van der Waals surface area contributed by atoms with Crippen LogP contribution in [0.2, 0.25) is 0 Å². The third-order valence-electron chi connectivity index (χ3n) is 3.09. The molecule has 0 bridgehead atoms. The Morgan fingerprint density at radius 3 is 2.56 bits per heavy atom. The van der Waals surface area contributed by atoms with E-state index in [9.17, 15) is 14.4 Å². The van der Waals surface area contributed by atoms with Crippen molar-refractivity contribution in [1.29, 1.82) is 0 Å². The van der Waals surface area contributed by atoms with Crippen molar-refractivity contribution >= 4 is 17.9 Å². The minimum atomic E-state index is -0.788. The molecule has 2 aromatic rings. The van der Waals surface area contributed by atoms with Crippen molar-refractivity contribution in [3.8, 4) is 5.69 Å². The van der Waals surface area contributed by atoms with Gasteiger partial charge in [-0.3, -0.25) is 10.1 Å². The number of amides is 3. The molecule has 25 heavy (non-hydrogen) atoms. The monoisotopic (exact) mass is 345 g/mol. The Morgan fingerprint density at radius 2 is 1.88 bits per heavy atom. The van der Waals surface area contributed by atoms with Crippen LogP contribution in [0.25, 0.3) is 5.69 Å². The van der Waals surface area contributed by atoms with Gasteiger partial charge in [-0.2, -0.15) is 9.90 Å². The SMILES string of the molecule is CCCNC(=O)NC(=O)COC(=O)c1nn(-c2ccccc2)nc1C. The zero-order chi connectivity index (χ0) is 18.2. The van der Waals surface area contributed by atoms with Gasteiger partial charge in [0.2, 0.25) is 0 Å². The number of hydrogen-bond acceptors (Lipinski definition) is 6. The number of hydrogen-bond donors (Lipinski definition) is 2. The zero-order valence-corrected chi connectivity index (χ0v) is 14.0. The summed E-state index contributed by atoms with van der Waals surface area (Å²) in [4.78, 5) is 36.3. The van der Waals surface area contributed by atoms with E-state index in [2.05, 4.69) is 20.8 Å². The fourth-order valence-electron chi connectivity index (χ4n) is 1.89. The van der Waals surface area contributed by atoms with Crippen molar-refractivity contribution in [3.63, 3.8) is 0 Å². The molecule has 0 spiro atoms. The van der Waals surface area contributed by atoms with E-state index >= 15 is 0 Å². The zero-order valence-electron chi connectivity index (χ0n) is 14.0. The number of para-hydroxylation sites is 1. The molecule has 132 valence electrons. The Morgan fingerprint density at radius 1 is 1.16 bits per heavy atom. The van der Waals surface area contributed by atoms with Gasteiger partial charge in [0.15, 0.2) is 12.3 Å². The highest BCUT2D eigenvalue weighted by molar-refractivity contribution is 5.96. The van der Waals surface area contributed by atoms with Gasteiger partial charge in [0.05, 0.1) is 11.4 Å². The third kappa shape index (κ3) is 5.13. The maximum Gasteiger partial charge on any atom is 0.361 e. The van der Waals surface area contributed by atoms with E-state index < -0.39 is 24.5 Å². The number of rotatable bonds is 6. The number of urea groups is 1. The lowest BCUT2D eigenvalue weighted by Gasteiger charge is -2.06. The molecule has 0 radical (unpaired) electrons. The van der Waals surface area contributed by atoms with Crippen molar-refractivity contribution in [2.45, 2.75) is 20.3 Å². The van der Waals surface area contributed by atoms with E-state index in [1.54, 1.807) is 19.1 Å². The smallest absolute Gasteiger partial charge is 0.361 e. The molecule has 9 heteroatoms. The summed E-state index contributed by atoms with van der Waals surface area (Å²) in [7, 11) is 0. The largest absolute Gasteiger partial charge is 0.451 e. The molecule has 0 saturated carbocycles. The number of benzene rings is 1. The molecular formula is C16H19N5O4. The molecule has 3 amide bonds. The fraction of sp³-hybridized carbons (Fsp3) is 0.312. The average molecular weight is 345 g/mol. The molecule has 1 aromatic heterocycles. The molecular weight excluding hydrogens is 326 g/mol. The van der Waals surface area contributed by atoms with Crippen LogP contribution < -0.4 is 10.6 Å². The Labute approximate surface area is 144 Å². The lowest BCUT2D eigenvalue weighted by molar-refractivity contribution is -0.123. The van der Waals surface area contributed by atoms with Crippen LogP contribution >= 0.6 is 0 Å². The van der Waals surface area contributed by atoms with Crippen molar-refractivity contribution in [2.75, 3.05) is 13.2 Å². The first-order valence-electron chi connectivity index (χ1n) is 7.75. The summed E-state index contributed by atoms with van der Waals surface area (Å²) in [5.41, 5.74) is 1.07. The molecule has 0 unspecified atom stereocenters. The van der Waals surface area contributed by atoms with E-state index in [4.69, 9.17) is 4.74 Å². The van der Waals surface area contributed by atoms with Crippen LogP contribution in [-0.4, -0.2) is 46.1 Å². The number of imide groups is 1. The molecule has 0 aliphatic carbocycles. The number of carbonyl (C=O) groups excluding carboxylic acids is 3.